The van der Waals surface area contributed by atoms with Crippen molar-refractivity contribution >= 4 is 35.8 Å². The fourth-order valence-electron chi connectivity index (χ4n) is 4.04. The number of aliphatic imine (C=N–C) groups is 1. The van der Waals surface area contributed by atoms with Crippen LogP contribution in [0.1, 0.15) is 45.6 Å². The standard InChI is InChI=1S/C21H36N6.HI/c1-16(2)27-14-17(3)19(15-27)25-21(22-4)24-13-18-8-9-23-20(12-18)26-10-6-5-7-11-26;/h8-9,12,16-17,19H,5-7,10-11,13-15H2,1-4H3,(H2,22,24,25);1H. The van der Waals surface area contributed by atoms with Crippen molar-refractivity contribution in [3.05, 3.63) is 23.9 Å². The van der Waals surface area contributed by atoms with Crippen molar-refractivity contribution < 1.29 is 0 Å². The molecule has 2 aliphatic heterocycles. The lowest BCUT2D eigenvalue weighted by Crippen LogP contribution is -2.46. The van der Waals surface area contributed by atoms with E-state index in [1.54, 1.807) is 0 Å². The minimum Gasteiger partial charge on any atom is -0.357 e. The Bertz CT molecular complexity index is 629. The summed E-state index contributed by atoms with van der Waals surface area (Å²) in [5.41, 5.74) is 1.25. The number of likely N-dealkylation sites (tertiary alicyclic amines) is 1. The Morgan fingerprint density at radius 1 is 1.25 bits per heavy atom. The van der Waals surface area contributed by atoms with E-state index in [0.717, 1.165) is 44.5 Å². The van der Waals surface area contributed by atoms with Gasteiger partial charge in [0.2, 0.25) is 0 Å². The Balaban J connectivity index is 0.00000280. The molecular weight excluding hydrogens is 463 g/mol. The number of pyridine rings is 1. The summed E-state index contributed by atoms with van der Waals surface area (Å²) in [5.74, 6) is 2.61. The molecular formula is C21H37IN6. The molecule has 2 fully saturated rings. The number of hydrogen-bond donors (Lipinski definition) is 2. The third-order valence-electron chi connectivity index (χ3n) is 5.87. The molecule has 0 spiro atoms. The predicted molar refractivity (Wildman–Crippen MR) is 129 cm³/mol. The average Bonchev–Trinajstić information content (AvgIpc) is 3.07. The molecule has 3 rings (SSSR count). The Hall–Kier alpha value is -1.09. The topological polar surface area (TPSA) is 55.8 Å². The van der Waals surface area contributed by atoms with Gasteiger partial charge in [0.15, 0.2) is 5.96 Å². The third kappa shape index (κ3) is 6.20. The lowest BCUT2D eigenvalue weighted by Gasteiger charge is -2.28. The van der Waals surface area contributed by atoms with Crippen LogP contribution in [0.25, 0.3) is 0 Å². The van der Waals surface area contributed by atoms with Crippen molar-refractivity contribution in [1.29, 1.82) is 0 Å². The van der Waals surface area contributed by atoms with Crippen LogP contribution in [0.15, 0.2) is 23.3 Å². The summed E-state index contributed by atoms with van der Waals surface area (Å²) >= 11 is 0. The number of piperidine rings is 1. The largest absolute Gasteiger partial charge is 0.357 e. The van der Waals surface area contributed by atoms with Crippen molar-refractivity contribution in [1.82, 2.24) is 20.5 Å². The zero-order valence-corrected chi connectivity index (χ0v) is 20.1. The summed E-state index contributed by atoms with van der Waals surface area (Å²) in [6.07, 6.45) is 5.81. The number of nitrogens with one attached hydrogen (secondary N) is 2. The van der Waals surface area contributed by atoms with Gasteiger partial charge in [0.1, 0.15) is 5.82 Å². The number of rotatable bonds is 5. The first kappa shape index (κ1) is 23.2. The van der Waals surface area contributed by atoms with Crippen LogP contribution in [0.4, 0.5) is 5.82 Å². The molecule has 2 N–H and O–H groups in total. The first-order valence-electron chi connectivity index (χ1n) is 10.5. The van der Waals surface area contributed by atoms with Crippen LogP contribution in [-0.4, -0.2) is 61.2 Å². The lowest BCUT2D eigenvalue weighted by molar-refractivity contribution is 0.265. The van der Waals surface area contributed by atoms with Crippen molar-refractivity contribution in [2.45, 2.75) is 58.7 Å². The summed E-state index contributed by atoms with van der Waals surface area (Å²) in [6.45, 7) is 12.1. The van der Waals surface area contributed by atoms with Crippen LogP contribution in [0.2, 0.25) is 0 Å². The third-order valence-corrected chi connectivity index (χ3v) is 5.87. The summed E-state index contributed by atoms with van der Waals surface area (Å²) in [7, 11) is 1.85. The van der Waals surface area contributed by atoms with Gasteiger partial charge in [0, 0.05) is 58.1 Å². The maximum Gasteiger partial charge on any atom is 0.191 e. The number of anilines is 1. The Morgan fingerprint density at radius 3 is 2.64 bits per heavy atom. The summed E-state index contributed by atoms with van der Waals surface area (Å²) in [4.78, 5) is 13.9. The van der Waals surface area contributed by atoms with Crippen LogP contribution in [0, 0.1) is 5.92 Å². The van der Waals surface area contributed by atoms with Gasteiger partial charge in [0.25, 0.3) is 0 Å². The molecule has 2 saturated heterocycles. The highest BCUT2D eigenvalue weighted by Crippen LogP contribution is 2.19. The van der Waals surface area contributed by atoms with Crippen molar-refractivity contribution in [2.24, 2.45) is 10.9 Å². The van der Waals surface area contributed by atoms with E-state index in [0.29, 0.717) is 18.0 Å². The number of guanidine groups is 1. The first-order valence-corrected chi connectivity index (χ1v) is 10.5. The molecule has 0 bridgehead atoms. The van der Waals surface area contributed by atoms with Gasteiger partial charge in [-0.2, -0.15) is 0 Å². The van der Waals surface area contributed by atoms with Crippen LogP contribution in [0.3, 0.4) is 0 Å². The van der Waals surface area contributed by atoms with Gasteiger partial charge in [-0.1, -0.05) is 6.92 Å². The predicted octanol–water partition coefficient (Wildman–Crippen LogP) is 3.08. The molecule has 158 valence electrons. The zero-order chi connectivity index (χ0) is 19.2. The van der Waals surface area contributed by atoms with Gasteiger partial charge in [0.05, 0.1) is 0 Å². The number of halogens is 1. The second-order valence-electron chi connectivity index (χ2n) is 8.27. The first-order chi connectivity index (χ1) is 13.1. The lowest BCUT2D eigenvalue weighted by atomic mass is 10.1. The minimum absolute atomic E-state index is 0. The molecule has 0 aliphatic carbocycles. The molecule has 1 aromatic rings. The van der Waals surface area contributed by atoms with E-state index in [-0.39, 0.29) is 24.0 Å². The van der Waals surface area contributed by atoms with E-state index in [2.05, 4.69) is 63.3 Å². The fourth-order valence-corrected chi connectivity index (χ4v) is 4.04. The van der Waals surface area contributed by atoms with Crippen LogP contribution in [-0.2, 0) is 6.54 Å². The number of hydrogen-bond acceptors (Lipinski definition) is 4. The van der Waals surface area contributed by atoms with Crippen LogP contribution >= 0.6 is 24.0 Å². The Morgan fingerprint density at radius 2 is 2.00 bits per heavy atom. The maximum atomic E-state index is 4.58. The van der Waals surface area contributed by atoms with E-state index in [4.69, 9.17) is 0 Å². The van der Waals surface area contributed by atoms with Crippen molar-refractivity contribution in [3.8, 4) is 0 Å². The molecule has 3 heterocycles. The van der Waals surface area contributed by atoms with Gasteiger partial charge < -0.3 is 15.5 Å². The van der Waals surface area contributed by atoms with Crippen molar-refractivity contribution in [2.75, 3.05) is 38.1 Å². The van der Waals surface area contributed by atoms with E-state index < -0.39 is 0 Å². The van der Waals surface area contributed by atoms with Gasteiger partial charge in [-0.25, -0.2) is 4.98 Å². The highest BCUT2D eigenvalue weighted by atomic mass is 127. The van der Waals surface area contributed by atoms with Gasteiger partial charge >= 0.3 is 0 Å². The quantitative estimate of drug-likeness (QED) is 0.370. The Labute approximate surface area is 187 Å². The Kier molecular flexibility index (Phi) is 9.27. The van der Waals surface area contributed by atoms with E-state index >= 15 is 0 Å². The minimum atomic E-state index is 0. The SMILES string of the molecule is CN=C(NCc1ccnc(N2CCCCC2)c1)NC1CN(C(C)C)CC1C.I. The molecule has 0 radical (unpaired) electrons. The second kappa shape index (κ2) is 11.2. The molecule has 2 unspecified atom stereocenters. The zero-order valence-electron chi connectivity index (χ0n) is 17.8. The summed E-state index contributed by atoms with van der Waals surface area (Å²) in [6, 6.07) is 5.34. The normalized spacial score (nSPS) is 23.6. The van der Waals surface area contributed by atoms with E-state index in [1.165, 1.54) is 24.8 Å². The molecule has 0 saturated carbocycles. The maximum absolute atomic E-state index is 4.58. The highest BCUT2D eigenvalue weighted by Gasteiger charge is 2.31. The van der Waals surface area contributed by atoms with E-state index in [9.17, 15) is 0 Å². The van der Waals surface area contributed by atoms with Crippen LogP contribution in [0.5, 0.6) is 0 Å². The van der Waals surface area contributed by atoms with Crippen molar-refractivity contribution in [3.63, 3.8) is 0 Å². The van der Waals surface area contributed by atoms with Gasteiger partial charge in [-0.3, -0.25) is 9.89 Å². The average molecular weight is 500 g/mol. The number of aromatic nitrogens is 1. The molecule has 0 amide bonds. The monoisotopic (exact) mass is 500 g/mol. The van der Waals surface area contributed by atoms with E-state index in [1.807, 2.05) is 13.2 Å². The van der Waals surface area contributed by atoms with Gasteiger partial charge in [-0.05, 0) is 56.7 Å². The molecule has 6 nitrogen and oxygen atoms in total. The number of nitrogens with zero attached hydrogens (tertiary/aromatic N) is 4. The summed E-state index contributed by atoms with van der Waals surface area (Å²) in [5, 5.41) is 7.10. The molecule has 28 heavy (non-hydrogen) atoms. The second-order valence-corrected chi connectivity index (χ2v) is 8.27. The molecule has 2 aliphatic rings. The molecule has 2 atom stereocenters. The highest BCUT2D eigenvalue weighted by molar-refractivity contribution is 14.0. The van der Waals surface area contributed by atoms with Gasteiger partial charge in [-0.15, -0.1) is 24.0 Å². The molecule has 0 aromatic carbocycles. The molecule has 1 aromatic heterocycles. The summed E-state index contributed by atoms with van der Waals surface area (Å²) < 4.78 is 0. The fraction of sp³-hybridized carbons (Fsp3) is 0.714. The molecule has 7 heteroatoms. The van der Waals surface area contributed by atoms with Crippen LogP contribution < -0.4 is 15.5 Å². The smallest absolute Gasteiger partial charge is 0.191 e.